The summed E-state index contributed by atoms with van der Waals surface area (Å²) in [6, 6.07) is 18.7. The van der Waals surface area contributed by atoms with Crippen LogP contribution in [0.15, 0.2) is 71.3 Å². The van der Waals surface area contributed by atoms with Crippen molar-refractivity contribution >= 4 is 17.6 Å². The predicted molar refractivity (Wildman–Crippen MR) is 116 cm³/mol. The fraction of sp³-hybridized carbons (Fsp3) is 0.240. The van der Waals surface area contributed by atoms with Gasteiger partial charge in [-0.1, -0.05) is 30.3 Å². The molecule has 0 bridgehead atoms. The fourth-order valence-corrected chi connectivity index (χ4v) is 3.74. The van der Waals surface area contributed by atoms with Gasteiger partial charge in [-0.3, -0.25) is 4.79 Å². The Labute approximate surface area is 176 Å². The molecule has 0 saturated carbocycles. The molecular weight excluding hydrogens is 378 g/mol. The molecule has 154 valence electrons. The van der Waals surface area contributed by atoms with E-state index in [1.165, 1.54) is 0 Å². The van der Waals surface area contributed by atoms with Crippen LogP contribution in [0.1, 0.15) is 43.2 Å². The van der Waals surface area contributed by atoms with E-state index in [0.717, 1.165) is 22.6 Å². The number of hydrogen-bond acceptors (Lipinski definition) is 4. The van der Waals surface area contributed by atoms with E-state index in [9.17, 15) is 4.79 Å². The van der Waals surface area contributed by atoms with Crippen molar-refractivity contribution in [2.24, 2.45) is 0 Å². The number of rotatable bonds is 5. The van der Waals surface area contributed by atoms with Crippen molar-refractivity contribution in [1.82, 2.24) is 5.32 Å². The molecule has 1 aromatic heterocycles. The summed E-state index contributed by atoms with van der Waals surface area (Å²) < 4.78 is 16.9. The zero-order chi connectivity index (χ0) is 21.1. The van der Waals surface area contributed by atoms with Crippen LogP contribution in [0, 0.1) is 0 Å². The number of carbonyl (C=O) groups excluding carboxylic acids is 1. The summed E-state index contributed by atoms with van der Waals surface area (Å²) in [4.78, 5) is 13.4. The molecule has 0 unspecified atom stereocenters. The van der Waals surface area contributed by atoms with Crippen LogP contribution in [0.25, 0.3) is 11.6 Å². The fourth-order valence-electron chi connectivity index (χ4n) is 3.74. The molecule has 0 saturated heterocycles. The molecule has 5 heteroatoms. The van der Waals surface area contributed by atoms with Gasteiger partial charge >= 0.3 is 0 Å². The minimum absolute atomic E-state index is 0.165. The number of ether oxygens (including phenoxy) is 2. The van der Waals surface area contributed by atoms with E-state index < -0.39 is 5.60 Å². The van der Waals surface area contributed by atoms with Crippen LogP contribution in [0.5, 0.6) is 11.5 Å². The maximum atomic E-state index is 13.4. The molecule has 1 amide bonds. The van der Waals surface area contributed by atoms with E-state index in [1.54, 1.807) is 25.5 Å². The number of furan rings is 1. The highest BCUT2D eigenvalue weighted by atomic mass is 16.5. The number of nitrogens with one attached hydrogen (secondary N) is 1. The number of benzene rings is 2. The molecule has 30 heavy (non-hydrogen) atoms. The molecule has 0 aliphatic carbocycles. The van der Waals surface area contributed by atoms with E-state index >= 15 is 0 Å². The van der Waals surface area contributed by atoms with Crippen molar-refractivity contribution in [3.63, 3.8) is 0 Å². The molecule has 5 nitrogen and oxygen atoms in total. The molecule has 4 rings (SSSR count). The van der Waals surface area contributed by atoms with Crippen molar-refractivity contribution in [1.29, 1.82) is 0 Å². The van der Waals surface area contributed by atoms with Gasteiger partial charge in [0, 0.05) is 18.1 Å². The van der Waals surface area contributed by atoms with Crippen molar-refractivity contribution in [3.05, 3.63) is 83.8 Å². The van der Waals surface area contributed by atoms with E-state index in [1.807, 2.05) is 68.4 Å². The second-order valence-corrected chi connectivity index (χ2v) is 7.94. The Bertz CT molecular complexity index is 1050. The Morgan fingerprint density at radius 3 is 2.63 bits per heavy atom. The molecule has 1 aliphatic rings. The van der Waals surface area contributed by atoms with Crippen LogP contribution in [0.4, 0.5) is 0 Å². The molecule has 1 aliphatic heterocycles. The third kappa shape index (κ3) is 4.25. The minimum atomic E-state index is -0.422. The molecule has 1 atom stereocenters. The smallest absolute Gasteiger partial charge is 0.252 e. The van der Waals surface area contributed by atoms with Gasteiger partial charge in [-0.2, -0.15) is 0 Å². The predicted octanol–water partition coefficient (Wildman–Crippen LogP) is 5.25. The first-order chi connectivity index (χ1) is 14.4. The van der Waals surface area contributed by atoms with Crippen LogP contribution in [0.3, 0.4) is 0 Å². The summed E-state index contributed by atoms with van der Waals surface area (Å²) in [5, 5.41) is 3.21. The third-order valence-corrected chi connectivity index (χ3v) is 5.14. The largest absolute Gasteiger partial charge is 0.497 e. The molecule has 0 spiro atoms. The lowest BCUT2D eigenvalue weighted by Crippen LogP contribution is -2.41. The van der Waals surface area contributed by atoms with Crippen molar-refractivity contribution in [2.75, 3.05) is 7.11 Å². The van der Waals surface area contributed by atoms with E-state index in [2.05, 4.69) is 5.32 Å². The van der Waals surface area contributed by atoms with Crippen LogP contribution in [-0.2, 0) is 4.79 Å². The molecule has 3 aromatic rings. The summed E-state index contributed by atoms with van der Waals surface area (Å²) in [5.41, 5.74) is 1.89. The number of methoxy groups -OCH3 is 1. The highest BCUT2D eigenvalue weighted by Gasteiger charge is 2.35. The van der Waals surface area contributed by atoms with Crippen molar-refractivity contribution in [3.8, 4) is 11.5 Å². The maximum Gasteiger partial charge on any atom is 0.252 e. The standard InChI is InChI=1S/C25H25NO4/c1-25(2)16-22(20-12-11-18(28-3)15-23(20)30-25)26-24(27)21(14-19-10-7-13-29-19)17-8-5-4-6-9-17/h4-15,22H,16H2,1-3H3,(H,26,27)/b21-14+/t22-/m0/s1. The highest BCUT2D eigenvalue weighted by Crippen LogP contribution is 2.41. The van der Waals surface area contributed by atoms with Gasteiger partial charge in [0.15, 0.2) is 0 Å². The SMILES string of the molecule is COc1ccc2c(c1)OC(C)(C)C[C@@H]2NC(=O)/C(=C/c1ccco1)c1ccccc1. The Balaban J connectivity index is 1.67. The van der Waals surface area contributed by atoms with Gasteiger partial charge in [-0.25, -0.2) is 0 Å². The van der Waals surface area contributed by atoms with Crippen LogP contribution < -0.4 is 14.8 Å². The van der Waals surface area contributed by atoms with Gasteiger partial charge < -0.3 is 19.2 Å². The van der Waals surface area contributed by atoms with Crippen molar-refractivity contribution in [2.45, 2.75) is 31.9 Å². The third-order valence-electron chi connectivity index (χ3n) is 5.14. The van der Waals surface area contributed by atoms with Gasteiger partial charge in [0.1, 0.15) is 22.9 Å². The summed E-state index contributed by atoms with van der Waals surface area (Å²) in [5.74, 6) is 1.91. The van der Waals surface area contributed by atoms with Crippen LogP contribution >= 0.6 is 0 Å². The lowest BCUT2D eigenvalue weighted by Gasteiger charge is -2.38. The van der Waals surface area contributed by atoms with Gasteiger partial charge in [0.25, 0.3) is 5.91 Å². The molecule has 0 fully saturated rings. The highest BCUT2D eigenvalue weighted by molar-refractivity contribution is 6.24. The first kappa shape index (κ1) is 19.8. The monoisotopic (exact) mass is 403 g/mol. The maximum absolute atomic E-state index is 13.4. The minimum Gasteiger partial charge on any atom is -0.497 e. The second kappa shape index (κ2) is 8.11. The second-order valence-electron chi connectivity index (χ2n) is 7.94. The lowest BCUT2D eigenvalue weighted by molar-refractivity contribution is -0.116. The number of amides is 1. The van der Waals surface area contributed by atoms with Crippen molar-refractivity contribution < 1.29 is 18.7 Å². The lowest BCUT2D eigenvalue weighted by atomic mass is 9.89. The number of carbonyl (C=O) groups is 1. The van der Waals surface area contributed by atoms with E-state index in [4.69, 9.17) is 13.9 Å². The molecule has 2 heterocycles. The summed E-state index contributed by atoms with van der Waals surface area (Å²) in [6.07, 6.45) is 4.02. The normalized spacial score (nSPS) is 17.6. The Kier molecular flexibility index (Phi) is 5.36. The summed E-state index contributed by atoms with van der Waals surface area (Å²) in [6.45, 7) is 4.04. The van der Waals surface area contributed by atoms with Crippen LogP contribution in [-0.4, -0.2) is 18.6 Å². The first-order valence-electron chi connectivity index (χ1n) is 9.94. The number of hydrogen-bond donors (Lipinski definition) is 1. The van der Waals surface area contributed by atoms with Gasteiger partial charge in [-0.15, -0.1) is 0 Å². The first-order valence-corrected chi connectivity index (χ1v) is 9.94. The topological polar surface area (TPSA) is 60.7 Å². The quantitative estimate of drug-likeness (QED) is 0.591. The van der Waals surface area contributed by atoms with E-state index in [-0.39, 0.29) is 11.9 Å². The summed E-state index contributed by atoms with van der Waals surface area (Å²) >= 11 is 0. The Morgan fingerprint density at radius 2 is 1.93 bits per heavy atom. The molecular formula is C25H25NO4. The number of fused-ring (bicyclic) bond motifs is 1. The molecule has 2 aromatic carbocycles. The van der Waals surface area contributed by atoms with Gasteiger partial charge in [0.2, 0.25) is 0 Å². The molecule has 1 N–H and O–H groups in total. The van der Waals surface area contributed by atoms with Gasteiger partial charge in [-0.05, 0) is 49.8 Å². The van der Waals surface area contributed by atoms with E-state index in [0.29, 0.717) is 17.8 Å². The molecule has 0 radical (unpaired) electrons. The van der Waals surface area contributed by atoms with Crippen LogP contribution in [0.2, 0.25) is 0 Å². The van der Waals surface area contributed by atoms with Gasteiger partial charge in [0.05, 0.1) is 25.0 Å². The average molecular weight is 403 g/mol. The average Bonchev–Trinajstić information content (AvgIpc) is 3.24. The Hall–Kier alpha value is -3.47. The zero-order valence-corrected chi connectivity index (χ0v) is 17.3. The Morgan fingerprint density at radius 1 is 1.13 bits per heavy atom. The zero-order valence-electron chi connectivity index (χ0n) is 17.3. The summed E-state index contributed by atoms with van der Waals surface area (Å²) in [7, 11) is 1.63.